The molecule has 1 amide bonds. The second-order valence-electron chi connectivity index (χ2n) is 13.4. The van der Waals surface area contributed by atoms with Crippen LogP contribution in [0.3, 0.4) is 0 Å². The Balaban J connectivity index is 1.05. The molecule has 1 atom stereocenters. The number of methoxy groups -OCH3 is 1. The average molecular weight is 677 g/mol. The molecule has 2 aliphatic rings. The molecule has 0 spiro atoms. The minimum Gasteiger partial charge on any atom is -0.496 e. The van der Waals surface area contributed by atoms with Gasteiger partial charge in [-0.1, -0.05) is 53.7 Å². The van der Waals surface area contributed by atoms with Crippen molar-refractivity contribution in [1.29, 1.82) is 0 Å². The lowest BCUT2D eigenvalue weighted by Crippen LogP contribution is -2.39. The van der Waals surface area contributed by atoms with Crippen LogP contribution in [-0.4, -0.2) is 106 Å². The highest BCUT2D eigenvalue weighted by Crippen LogP contribution is 2.39. The van der Waals surface area contributed by atoms with E-state index in [-0.39, 0.29) is 11.3 Å². The lowest BCUT2D eigenvalue weighted by molar-refractivity contribution is 0.0777. The van der Waals surface area contributed by atoms with Crippen molar-refractivity contribution in [1.82, 2.24) is 34.3 Å². The van der Waals surface area contributed by atoms with E-state index in [1.165, 1.54) is 5.56 Å². The predicted molar refractivity (Wildman–Crippen MR) is 195 cm³/mol. The van der Waals surface area contributed by atoms with Crippen LogP contribution in [0.2, 0.25) is 0 Å². The van der Waals surface area contributed by atoms with Crippen LogP contribution in [0.25, 0.3) is 11.0 Å². The number of hydrogen-bond acceptors (Lipinski definition) is 8. The van der Waals surface area contributed by atoms with Crippen molar-refractivity contribution in [2.75, 3.05) is 71.0 Å². The van der Waals surface area contributed by atoms with Gasteiger partial charge in [-0.3, -0.25) is 4.79 Å². The van der Waals surface area contributed by atoms with Gasteiger partial charge in [0.15, 0.2) is 0 Å². The molecular formula is C39H48N8O3. The molecule has 11 heteroatoms. The number of amides is 1. The summed E-state index contributed by atoms with van der Waals surface area (Å²) in [5.41, 5.74) is 4.95. The summed E-state index contributed by atoms with van der Waals surface area (Å²) in [7, 11) is 1.63. The minimum absolute atomic E-state index is 0.0118. The van der Waals surface area contributed by atoms with E-state index in [1.807, 2.05) is 36.2 Å². The van der Waals surface area contributed by atoms with E-state index in [2.05, 4.69) is 79.3 Å². The molecule has 0 bridgehead atoms. The quantitative estimate of drug-likeness (QED) is 0.159. The molecule has 0 N–H and O–H groups in total. The molecule has 2 fully saturated rings. The lowest BCUT2D eigenvalue weighted by atomic mass is 9.76. The topological polar surface area (TPSA) is 93.8 Å². The highest BCUT2D eigenvalue weighted by atomic mass is 16.5. The fraction of sp³-hybridized carbons (Fsp3) is 0.436. The minimum atomic E-state index is -0.123. The van der Waals surface area contributed by atoms with Crippen LogP contribution in [0.4, 0.5) is 5.95 Å². The maximum Gasteiger partial charge on any atom is 0.257 e. The number of imidazole rings is 1. The van der Waals surface area contributed by atoms with Crippen molar-refractivity contribution in [3.8, 4) is 5.75 Å². The van der Waals surface area contributed by atoms with Crippen molar-refractivity contribution in [3.63, 3.8) is 0 Å². The number of fused-ring (bicyclic) bond motifs is 1. The van der Waals surface area contributed by atoms with E-state index in [0.29, 0.717) is 44.2 Å². The molecule has 2 saturated heterocycles. The molecule has 7 rings (SSSR count). The monoisotopic (exact) mass is 676 g/mol. The van der Waals surface area contributed by atoms with Crippen LogP contribution < -0.4 is 9.64 Å². The Hall–Kier alpha value is -4.74. The van der Waals surface area contributed by atoms with Gasteiger partial charge in [-0.2, -0.15) is 0 Å². The number of anilines is 1. The molecule has 1 unspecified atom stereocenters. The summed E-state index contributed by atoms with van der Waals surface area (Å²) in [4.78, 5) is 26.4. The average Bonchev–Trinajstić information content (AvgIpc) is 3.88. The summed E-state index contributed by atoms with van der Waals surface area (Å²) in [6.07, 6.45) is 6.46. The van der Waals surface area contributed by atoms with E-state index >= 15 is 0 Å². The summed E-state index contributed by atoms with van der Waals surface area (Å²) < 4.78 is 15.5. The highest BCUT2D eigenvalue weighted by Gasteiger charge is 2.42. The van der Waals surface area contributed by atoms with Gasteiger partial charge in [0.05, 0.1) is 43.1 Å². The SMILES string of the molecule is CCOCCn1c(N2CCCN(CCC3(c4ccccc4)CCN(C(=O)c4cc(Cn5ccnn5)ccc4OC)C3)CC2)nc2ccccc21. The van der Waals surface area contributed by atoms with Crippen molar-refractivity contribution < 1.29 is 14.3 Å². The van der Waals surface area contributed by atoms with Gasteiger partial charge in [-0.05, 0) is 74.7 Å². The van der Waals surface area contributed by atoms with E-state index in [9.17, 15) is 4.79 Å². The number of benzene rings is 3. The van der Waals surface area contributed by atoms with Crippen LogP contribution in [0.5, 0.6) is 5.75 Å². The first-order valence-electron chi connectivity index (χ1n) is 17.9. The number of aromatic nitrogens is 5. The maximum absolute atomic E-state index is 14.2. The highest BCUT2D eigenvalue weighted by molar-refractivity contribution is 5.97. The van der Waals surface area contributed by atoms with Gasteiger partial charge in [0, 0.05) is 57.5 Å². The summed E-state index contributed by atoms with van der Waals surface area (Å²) in [5, 5.41) is 8.01. The Labute approximate surface area is 294 Å². The summed E-state index contributed by atoms with van der Waals surface area (Å²) >= 11 is 0. The Morgan fingerprint density at radius 3 is 2.62 bits per heavy atom. The zero-order chi connectivity index (χ0) is 34.3. The predicted octanol–water partition coefficient (Wildman–Crippen LogP) is 5.11. The number of ether oxygens (including phenoxy) is 2. The van der Waals surface area contributed by atoms with Gasteiger partial charge >= 0.3 is 0 Å². The van der Waals surface area contributed by atoms with E-state index in [0.717, 1.165) is 81.1 Å². The van der Waals surface area contributed by atoms with Crippen LogP contribution in [0.15, 0.2) is 85.2 Å². The van der Waals surface area contributed by atoms with Gasteiger partial charge < -0.3 is 28.7 Å². The van der Waals surface area contributed by atoms with Gasteiger partial charge in [-0.25, -0.2) is 9.67 Å². The number of hydrogen-bond donors (Lipinski definition) is 0. The fourth-order valence-corrected chi connectivity index (χ4v) is 7.71. The zero-order valence-corrected chi connectivity index (χ0v) is 29.3. The summed E-state index contributed by atoms with van der Waals surface area (Å²) in [6, 6.07) is 25.0. The van der Waals surface area contributed by atoms with Crippen molar-refractivity contribution in [2.45, 2.75) is 44.7 Å². The molecule has 2 aromatic heterocycles. The van der Waals surface area contributed by atoms with Crippen LogP contribution in [-0.2, 0) is 23.2 Å². The van der Waals surface area contributed by atoms with E-state index < -0.39 is 0 Å². The Morgan fingerprint density at radius 2 is 1.80 bits per heavy atom. The van der Waals surface area contributed by atoms with Crippen LogP contribution in [0.1, 0.15) is 47.7 Å². The van der Waals surface area contributed by atoms with Gasteiger partial charge in [0.1, 0.15) is 5.75 Å². The third-order valence-corrected chi connectivity index (χ3v) is 10.4. The van der Waals surface area contributed by atoms with E-state index in [1.54, 1.807) is 18.0 Å². The molecule has 50 heavy (non-hydrogen) atoms. The molecule has 11 nitrogen and oxygen atoms in total. The number of nitrogens with zero attached hydrogens (tertiary/aromatic N) is 8. The molecule has 5 aromatic rings. The Bertz CT molecular complexity index is 1860. The molecule has 0 radical (unpaired) electrons. The molecule has 4 heterocycles. The normalized spacial score (nSPS) is 18.5. The standard InChI is InChI=1S/C39H48N8O3/c1-3-50-27-26-47-35-13-8-7-12-34(35)41-38(47)44-20-9-19-43(24-25-44)21-16-39(32-10-5-4-6-11-32)17-22-45(30-39)37(48)33-28-31(14-15-36(33)49-2)29-46-23-18-40-42-46/h4-8,10-15,18,23,28H,3,9,16-17,19-22,24-27,29-30H2,1-2H3. The summed E-state index contributed by atoms with van der Waals surface area (Å²) in [5.74, 6) is 1.65. The number of para-hydroxylation sites is 2. The van der Waals surface area contributed by atoms with Gasteiger partial charge in [-0.15, -0.1) is 5.10 Å². The molecule has 0 saturated carbocycles. The number of carbonyl (C=O) groups is 1. The smallest absolute Gasteiger partial charge is 0.257 e. The zero-order valence-electron chi connectivity index (χ0n) is 29.3. The first kappa shape index (κ1) is 33.7. The van der Waals surface area contributed by atoms with Crippen LogP contribution >= 0.6 is 0 Å². The fourth-order valence-electron chi connectivity index (χ4n) is 7.71. The lowest BCUT2D eigenvalue weighted by Gasteiger charge is -2.33. The maximum atomic E-state index is 14.2. The molecule has 0 aliphatic carbocycles. The van der Waals surface area contributed by atoms with Crippen molar-refractivity contribution >= 4 is 22.9 Å². The second-order valence-corrected chi connectivity index (χ2v) is 13.4. The largest absolute Gasteiger partial charge is 0.496 e. The Morgan fingerprint density at radius 1 is 0.940 bits per heavy atom. The van der Waals surface area contributed by atoms with Crippen LogP contribution in [0, 0.1) is 0 Å². The molecular weight excluding hydrogens is 628 g/mol. The third kappa shape index (κ3) is 7.25. The van der Waals surface area contributed by atoms with Gasteiger partial charge in [0.2, 0.25) is 5.95 Å². The third-order valence-electron chi connectivity index (χ3n) is 10.4. The number of carbonyl (C=O) groups excluding carboxylic acids is 1. The first-order chi connectivity index (χ1) is 24.6. The summed E-state index contributed by atoms with van der Waals surface area (Å²) in [6.45, 7) is 11.0. The molecule has 3 aromatic carbocycles. The second kappa shape index (κ2) is 15.4. The van der Waals surface area contributed by atoms with Gasteiger partial charge in [0.25, 0.3) is 5.91 Å². The first-order valence-corrected chi connectivity index (χ1v) is 17.9. The van der Waals surface area contributed by atoms with E-state index in [4.69, 9.17) is 14.5 Å². The number of rotatable bonds is 13. The molecule has 262 valence electrons. The van der Waals surface area contributed by atoms with Crippen molar-refractivity contribution in [3.05, 3.63) is 102 Å². The van der Waals surface area contributed by atoms with Crippen molar-refractivity contribution in [2.24, 2.45) is 0 Å². The Kier molecular flexibility index (Phi) is 10.4. The molecule has 2 aliphatic heterocycles. The number of likely N-dealkylation sites (tertiary alicyclic amines) is 1.